The Morgan fingerprint density at radius 2 is 1.97 bits per heavy atom. The van der Waals surface area contributed by atoms with E-state index in [0.717, 1.165) is 22.0 Å². The molecule has 0 atom stereocenters. The predicted octanol–water partition coefficient (Wildman–Crippen LogP) is 2.62. The smallest absolute Gasteiger partial charge is 0.320 e. The van der Waals surface area contributed by atoms with Crippen LogP contribution in [0, 0.1) is 0 Å². The Balaban J connectivity index is 1.84. The topological polar surface area (TPSA) is 81.5 Å². The monoisotopic (exact) mass is 405 g/mol. The van der Waals surface area contributed by atoms with Gasteiger partial charge in [-0.1, -0.05) is 25.1 Å². The highest BCUT2D eigenvalue weighted by Crippen LogP contribution is 2.35. The molecule has 0 amide bonds. The number of ketones is 1. The van der Waals surface area contributed by atoms with Crippen molar-refractivity contribution in [2.45, 2.75) is 26.5 Å². The average molecular weight is 405 g/mol. The predicted molar refractivity (Wildman–Crippen MR) is 114 cm³/mol. The molecule has 0 saturated heterocycles. The molecule has 0 saturated carbocycles. The van der Waals surface area contributed by atoms with Crippen molar-refractivity contribution in [1.29, 1.82) is 0 Å². The van der Waals surface area contributed by atoms with Gasteiger partial charge in [0.25, 0.3) is 5.56 Å². The van der Waals surface area contributed by atoms with E-state index in [1.54, 1.807) is 36.6 Å². The SMILES string of the molecule is CCC(=O)c1cc2n(c(=O)c1)Cc1c-2nc2ccccc2c1COC(=O)CN(C)C. The Bertz CT molecular complexity index is 1230. The summed E-state index contributed by atoms with van der Waals surface area (Å²) in [5, 5.41) is 0.889. The molecule has 3 heterocycles. The minimum absolute atomic E-state index is 0.0809. The first kappa shape index (κ1) is 20.0. The number of para-hydroxylation sites is 1. The lowest BCUT2D eigenvalue weighted by molar-refractivity contribution is -0.145. The van der Waals surface area contributed by atoms with E-state index in [1.807, 2.05) is 24.3 Å². The maximum absolute atomic E-state index is 12.7. The van der Waals surface area contributed by atoms with Gasteiger partial charge in [0.2, 0.25) is 0 Å². The Morgan fingerprint density at radius 3 is 2.70 bits per heavy atom. The molecule has 0 unspecified atom stereocenters. The van der Waals surface area contributed by atoms with Crippen molar-refractivity contribution in [3.8, 4) is 11.4 Å². The van der Waals surface area contributed by atoms with Gasteiger partial charge in [-0.25, -0.2) is 4.98 Å². The number of hydrogen-bond donors (Lipinski definition) is 0. The number of aromatic nitrogens is 2. The molecule has 3 aromatic rings. The van der Waals surface area contributed by atoms with E-state index < -0.39 is 0 Å². The standard InChI is InChI=1S/C23H23N3O4/c1-4-20(27)14-9-19-23-16(11-26(19)21(28)10-14)17(13-30-22(29)12-25(2)3)15-7-5-6-8-18(15)24-23/h5-10H,4,11-13H2,1-3H3. The average Bonchev–Trinajstić information content (AvgIpc) is 3.09. The van der Waals surface area contributed by atoms with Crippen LogP contribution >= 0.6 is 0 Å². The molecule has 7 nitrogen and oxygen atoms in total. The molecule has 2 aromatic heterocycles. The first-order valence-electron chi connectivity index (χ1n) is 9.88. The van der Waals surface area contributed by atoms with Crippen molar-refractivity contribution in [3.63, 3.8) is 0 Å². The number of benzene rings is 1. The normalized spacial score (nSPS) is 12.1. The quantitative estimate of drug-likeness (QED) is 0.362. The first-order valence-corrected chi connectivity index (χ1v) is 9.88. The van der Waals surface area contributed by atoms with E-state index >= 15 is 0 Å². The molecule has 7 heteroatoms. The summed E-state index contributed by atoms with van der Waals surface area (Å²) in [5.74, 6) is -0.402. The number of nitrogens with zero attached hydrogens (tertiary/aromatic N) is 3. The van der Waals surface area contributed by atoms with Gasteiger partial charge in [-0.15, -0.1) is 0 Å². The number of fused-ring (bicyclic) bond motifs is 4. The third-order valence-corrected chi connectivity index (χ3v) is 5.26. The fourth-order valence-electron chi connectivity index (χ4n) is 3.80. The van der Waals surface area contributed by atoms with Crippen LogP contribution in [0.15, 0.2) is 41.2 Å². The van der Waals surface area contributed by atoms with E-state index in [9.17, 15) is 14.4 Å². The van der Waals surface area contributed by atoms with Crippen molar-refractivity contribution in [3.05, 3.63) is 63.4 Å². The minimum Gasteiger partial charge on any atom is -0.460 e. The fourth-order valence-corrected chi connectivity index (χ4v) is 3.80. The molecule has 0 radical (unpaired) electrons. The van der Waals surface area contributed by atoms with Gasteiger partial charge in [0.05, 0.1) is 30.0 Å². The number of rotatable bonds is 6. The van der Waals surface area contributed by atoms with Crippen LogP contribution in [0.3, 0.4) is 0 Å². The Kier molecular flexibility index (Phi) is 5.22. The second kappa shape index (κ2) is 7.84. The molecular formula is C23H23N3O4. The van der Waals surface area contributed by atoms with Crippen molar-refractivity contribution in [2.75, 3.05) is 20.6 Å². The van der Waals surface area contributed by atoms with Gasteiger partial charge in [-0.3, -0.25) is 19.3 Å². The summed E-state index contributed by atoms with van der Waals surface area (Å²) in [5.41, 5.74) is 3.90. The van der Waals surface area contributed by atoms with Gasteiger partial charge in [0, 0.05) is 34.6 Å². The van der Waals surface area contributed by atoms with E-state index in [-0.39, 0.29) is 30.5 Å². The lowest BCUT2D eigenvalue weighted by Gasteiger charge is -2.14. The van der Waals surface area contributed by atoms with Gasteiger partial charge in [-0.05, 0) is 26.2 Å². The van der Waals surface area contributed by atoms with E-state index in [4.69, 9.17) is 9.72 Å². The van der Waals surface area contributed by atoms with Crippen LogP contribution in [0.2, 0.25) is 0 Å². The van der Waals surface area contributed by atoms with Gasteiger partial charge in [0.1, 0.15) is 6.61 Å². The van der Waals surface area contributed by atoms with Crippen molar-refractivity contribution >= 4 is 22.7 Å². The zero-order chi connectivity index (χ0) is 21.4. The maximum Gasteiger partial charge on any atom is 0.320 e. The van der Waals surface area contributed by atoms with Crippen LogP contribution < -0.4 is 5.56 Å². The lowest BCUT2D eigenvalue weighted by Crippen LogP contribution is -2.23. The zero-order valence-corrected chi connectivity index (χ0v) is 17.3. The molecule has 1 aliphatic heterocycles. The number of likely N-dealkylation sites (N-methyl/N-ethyl adjacent to an activating group) is 1. The van der Waals surface area contributed by atoms with Gasteiger partial charge < -0.3 is 9.30 Å². The van der Waals surface area contributed by atoms with Gasteiger partial charge in [0.15, 0.2) is 5.78 Å². The van der Waals surface area contributed by atoms with E-state index in [2.05, 4.69) is 0 Å². The number of ether oxygens (including phenoxy) is 1. The Hall–Kier alpha value is -3.32. The van der Waals surface area contributed by atoms with Gasteiger partial charge in [-0.2, -0.15) is 0 Å². The van der Waals surface area contributed by atoms with Crippen LogP contribution in [-0.4, -0.2) is 46.8 Å². The second-order valence-corrected chi connectivity index (χ2v) is 7.66. The molecule has 30 heavy (non-hydrogen) atoms. The molecular weight excluding hydrogens is 382 g/mol. The van der Waals surface area contributed by atoms with Crippen molar-refractivity contribution in [2.24, 2.45) is 0 Å². The number of Topliss-reactive ketones (excluding diaryl/α,β-unsaturated/α-hetero) is 1. The summed E-state index contributed by atoms with van der Waals surface area (Å²) in [4.78, 5) is 43.5. The largest absolute Gasteiger partial charge is 0.460 e. The van der Waals surface area contributed by atoms with Crippen LogP contribution in [-0.2, 0) is 22.7 Å². The highest BCUT2D eigenvalue weighted by molar-refractivity contribution is 5.97. The summed E-state index contributed by atoms with van der Waals surface area (Å²) in [6.45, 7) is 2.39. The van der Waals surface area contributed by atoms with Crippen LogP contribution in [0.25, 0.3) is 22.3 Å². The Labute approximate surface area is 173 Å². The molecule has 1 aromatic carbocycles. The van der Waals surface area contributed by atoms with Crippen LogP contribution in [0.1, 0.15) is 34.8 Å². The molecule has 0 aliphatic carbocycles. The third-order valence-electron chi connectivity index (χ3n) is 5.26. The zero-order valence-electron chi connectivity index (χ0n) is 17.3. The number of hydrogen-bond acceptors (Lipinski definition) is 6. The molecule has 0 N–H and O–H groups in total. The highest BCUT2D eigenvalue weighted by atomic mass is 16.5. The summed E-state index contributed by atoms with van der Waals surface area (Å²) in [6, 6.07) is 10.8. The summed E-state index contributed by atoms with van der Waals surface area (Å²) in [7, 11) is 3.61. The molecule has 1 aliphatic rings. The third kappa shape index (κ3) is 3.52. The van der Waals surface area contributed by atoms with Crippen LogP contribution in [0.5, 0.6) is 0 Å². The molecule has 0 bridgehead atoms. The molecule has 0 fully saturated rings. The minimum atomic E-state index is -0.321. The molecule has 0 spiro atoms. The number of carbonyl (C=O) groups is 2. The number of carbonyl (C=O) groups excluding carboxylic acids is 2. The van der Waals surface area contributed by atoms with Gasteiger partial charge >= 0.3 is 5.97 Å². The second-order valence-electron chi connectivity index (χ2n) is 7.66. The number of esters is 1. The lowest BCUT2D eigenvalue weighted by atomic mass is 10.0. The summed E-state index contributed by atoms with van der Waals surface area (Å²) < 4.78 is 7.15. The van der Waals surface area contributed by atoms with Crippen molar-refractivity contribution in [1.82, 2.24) is 14.5 Å². The molecule has 154 valence electrons. The maximum atomic E-state index is 12.7. The first-order chi connectivity index (χ1) is 14.4. The molecule has 4 rings (SSSR count). The van der Waals surface area contributed by atoms with E-state index in [0.29, 0.717) is 29.9 Å². The van der Waals surface area contributed by atoms with E-state index in [1.165, 1.54) is 6.07 Å². The van der Waals surface area contributed by atoms with Crippen molar-refractivity contribution < 1.29 is 14.3 Å². The summed E-state index contributed by atoms with van der Waals surface area (Å²) >= 11 is 0. The highest BCUT2D eigenvalue weighted by Gasteiger charge is 2.27. The number of pyridine rings is 2. The fraction of sp³-hybridized carbons (Fsp3) is 0.304. The summed E-state index contributed by atoms with van der Waals surface area (Å²) in [6.07, 6.45) is 0.327. The Morgan fingerprint density at radius 1 is 1.20 bits per heavy atom. The van der Waals surface area contributed by atoms with Crippen LogP contribution in [0.4, 0.5) is 0 Å².